The number of aryl methyl sites for hydroxylation is 2. The van der Waals surface area contributed by atoms with E-state index in [0.717, 1.165) is 16.8 Å². The first-order chi connectivity index (χ1) is 10.5. The molecule has 0 N–H and O–H groups in total. The molecule has 2 rings (SSSR count). The first kappa shape index (κ1) is 15.7. The zero-order chi connectivity index (χ0) is 16.3. The van der Waals surface area contributed by atoms with E-state index in [-0.39, 0.29) is 5.57 Å². The van der Waals surface area contributed by atoms with E-state index in [1.807, 2.05) is 37.3 Å². The lowest BCUT2D eigenvalue weighted by molar-refractivity contribution is 0.559. The molecule has 22 heavy (non-hydrogen) atoms. The highest BCUT2D eigenvalue weighted by molar-refractivity contribution is 5.62. The zero-order valence-electron chi connectivity index (χ0n) is 13.5. The van der Waals surface area contributed by atoms with Crippen molar-refractivity contribution in [2.75, 3.05) is 32.1 Å². The molecule has 1 aliphatic rings. The van der Waals surface area contributed by atoms with Gasteiger partial charge in [-0.2, -0.15) is 10.5 Å². The number of nitriles is 2. The van der Waals surface area contributed by atoms with Gasteiger partial charge >= 0.3 is 0 Å². The molecule has 0 bridgehead atoms. The van der Waals surface area contributed by atoms with Gasteiger partial charge in [0.25, 0.3) is 0 Å². The maximum Gasteiger partial charge on any atom is 0.135 e. The molecule has 0 aliphatic carbocycles. The maximum atomic E-state index is 9.19. The molecular formula is C18H20N4. The van der Waals surface area contributed by atoms with E-state index in [0.29, 0.717) is 13.1 Å². The molecule has 4 nitrogen and oxygen atoms in total. The van der Waals surface area contributed by atoms with E-state index < -0.39 is 0 Å². The van der Waals surface area contributed by atoms with Crippen LogP contribution in [-0.2, 0) is 0 Å². The van der Waals surface area contributed by atoms with Gasteiger partial charge in [0.1, 0.15) is 17.7 Å². The molecule has 1 aromatic rings. The van der Waals surface area contributed by atoms with Crippen LogP contribution in [0.1, 0.15) is 11.1 Å². The summed E-state index contributed by atoms with van der Waals surface area (Å²) in [6.07, 6.45) is 1.99. The molecule has 0 spiro atoms. The van der Waals surface area contributed by atoms with Crippen LogP contribution in [0.4, 0.5) is 5.69 Å². The predicted molar refractivity (Wildman–Crippen MR) is 88.2 cm³/mol. The molecule has 1 saturated heterocycles. The highest BCUT2D eigenvalue weighted by atomic mass is 15.2. The van der Waals surface area contributed by atoms with E-state index >= 15 is 0 Å². The van der Waals surface area contributed by atoms with Crippen LogP contribution in [0.25, 0.3) is 0 Å². The Hall–Kier alpha value is -2.72. The second-order valence-corrected chi connectivity index (χ2v) is 5.82. The summed E-state index contributed by atoms with van der Waals surface area (Å²) in [5, 5.41) is 18.4. The smallest absolute Gasteiger partial charge is 0.135 e. The highest BCUT2D eigenvalue weighted by Crippen LogP contribution is 2.30. The summed E-state index contributed by atoms with van der Waals surface area (Å²) in [5.74, 6) is 0. The summed E-state index contributed by atoms with van der Waals surface area (Å²) in [4.78, 5) is 4.15. The van der Waals surface area contributed by atoms with Crippen LogP contribution >= 0.6 is 0 Å². The first-order valence-electron chi connectivity index (χ1n) is 7.19. The number of hydrogen-bond acceptors (Lipinski definition) is 4. The summed E-state index contributed by atoms with van der Waals surface area (Å²) in [6, 6.07) is 10.4. The Balaban J connectivity index is 2.43. The quantitative estimate of drug-likeness (QED) is 0.786. The van der Waals surface area contributed by atoms with Crippen molar-refractivity contribution in [3.63, 3.8) is 0 Å². The van der Waals surface area contributed by atoms with Crippen molar-refractivity contribution in [2.45, 2.75) is 13.8 Å². The third-order valence-corrected chi connectivity index (χ3v) is 3.89. The van der Waals surface area contributed by atoms with Gasteiger partial charge in [-0.3, -0.25) is 0 Å². The zero-order valence-corrected chi connectivity index (χ0v) is 13.5. The van der Waals surface area contributed by atoms with Gasteiger partial charge in [0.15, 0.2) is 0 Å². The van der Waals surface area contributed by atoms with E-state index in [4.69, 9.17) is 0 Å². The number of allylic oxidation sites excluding steroid dienone is 1. The van der Waals surface area contributed by atoms with Gasteiger partial charge in [-0.15, -0.1) is 0 Å². The standard InChI is InChI=1S/C18H20N4/c1-13-5-6-17(7-14(13)2)22-11-16(10-21(3)4)18(12-22)15(8-19)9-20/h5-7,10H,11-12H2,1-4H3/b16-10-. The first-order valence-corrected chi connectivity index (χ1v) is 7.19. The fourth-order valence-corrected chi connectivity index (χ4v) is 2.58. The average molecular weight is 292 g/mol. The number of benzene rings is 1. The van der Waals surface area contributed by atoms with Crippen molar-refractivity contribution in [3.05, 3.63) is 52.2 Å². The largest absolute Gasteiger partial charge is 0.383 e. The molecule has 0 amide bonds. The van der Waals surface area contributed by atoms with Crippen LogP contribution < -0.4 is 4.90 Å². The molecule has 0 radical (unpaired) electrons. The summed E-state index contributed by atoms with van der Waals surface area (Å²) in [7, 11) is 3.89. The molecule has 1 aromatic carbocycles. The minimum Gasteiger partial charge on any atom is -0.383 e. The number of hydrogen-bond donors (Lipinski definition) is 0. The Morgan fingerprint density at radius 3 is 2.36 bits per heavy atom. The monoisotopic (exact) mass is 292 g/mol. The Bertz CT molecular complexity index is 710. The summed E-state index contributed by atoms with van der Waals surface area (Å²) in [6.45, 7) is 5.50. The summed E-state index contributed by atoms with van der Waals surface area (Å²) in [5.41, 5.74) is 5.70. The van der Waals surface area contributed by atoms with Crippen LogP contribution in [-0.4, -0.2) is 32.1 Å². The second-order valence-electron chi connectivity index (χ2n) is 5.82. The maximum absolute atomic E-state index is 9.19. The van der Waals surface area contributed by atoms with Crippen molar-refractivity contribution in [2.24, 2.45) is 0 Å². The lowest BCUT2D eigenvalue weighted by Gasteiger charge is -2.18. The third kappa shape index (κ3) is 3.13. The predicted octanol–water partition coefficient (Wildman–Crippen LogP) is 2.91. The van der Waals surface area contributed by atoms with Crippen molar-refractivity contribution >= 4 is 5.69 Å². The van der Waals surface area contributed by atoms with Crippen LogP contribution in [0.2, 0.25) is 0 Å². The van der Waals surface area contributed by atoms with Crippen molar-refractivity contribution in [3.8, 4) is 12.1 Å². The Labute approximate surface area is 132 Å². The molecular weight excluding hydrogens is 272 g/mol. The highest BCUT2D eigenvalue weighted by Gasteiger charge is 2.25. The van der Waals surface area contributed by atoms with Crippen molar-refractivity contribution in [1.82, 2.24) is 4.90 Å². The SMILES string of the molecule is Cc1ccc(N2CC(=C(C#N)C#N)/C(=C\N(C)C)C2)cc1C. The van der Waals surface area contributed by atoms with Gasteiger partial charge in [0.05, 0.1) is 0 Å². The van der Waals surface area contributed by atoms with Crippen molar-refractivity contribution in [1.29, 1.82) is 10.5 Å². The molecule has 0 aromatic heterocycles. The molecule has 1 heterocycles. The van der Waals surface area contributed by atoms with Crippen LogP contribution in [0.5, 0.6) is 0 Å². The normalized spacial score (nSPS) is 15.6. The van der Waals surface area contributed by atoms with E-state index in [1.165, 1.54) is 11.1 Å². The topological polar surface area (TPSA) is 54.1 Å². The number of nitrogens with zero attached hydrogens (tertiary/aromatic N) is 4. The van der Waals surface area contributed by atoms with E-state index in [2.05, 4.69) is 36.9 Å². The van der Waals surface area contributed by atoms with E-state index in [1.54, 1.807) is 0 Å². The molecule has 0 saturated carbocycles. The van der Waals surface area contributed by atoms with Gasteiger partial charge in [0.2, 0.25) is 0 Å². The molecule has 0 unspecified atom stereocenters. The fraction of sp³-hybridized carbons (Fsp3) is 0.333. The fourth-order valence-electron chi connectivity index (χ4n) is 2.58. The van der Waals surface area contributed by atoms with Gasteiger partial charge in [-0.1, -0.05) is 6.07 Å². The molecule has 112 valence electrons. The number of rotatable bonds is 2. The van der Waals surface area contributed by atoms with Gasteiger partial charge in [0, 0.05) is 44.6 Å². The summed E-state index contributed by atoms with van der Waals surface area (Å²) >= 11 is 0. The van der Waals surface area contributed by atoms with Crippen molar-refractivity contribution < 1.29 is 0 Å². The van der Waals surface area contributed by atoms with Crippen LogP contribution in [0, 0.1) is 36.5 Å². The van der Waals surface area contributed by atoms with E-state index in [9.17, 15) is 10.5 Å². The average Bonchev–Trinajstić information content (AvgIpc) is 2.86. The molecule has 1 aliphatic heterocycles. The van der Waals surface area contributed by atoms with Crippen LogP contribution in [0.15, 0.2) is 41.1 Å². The minimum absolute atomic E-state index is 0.208. The Morgan fingerprint density at radius 2 is 1.82 bits per heavy atom. The lowest BCUT2D eigenvalue weighted by Crippen LogP contribution is -2.18. The third-order valence-electron chi connectivity index (χ3n) is 3.89. The number of anilines is 1. The van der Waals surface area contributed by atoms with Crippen LogP contribution in [0.3, 0.4) is 0 Å². The molecule has 1 fully saturated rings. The lowest BCUT2D eigenvalue weighted by atomic mass is 10.1. The Kier molecular flexibility index (Phi) is 4.53. The Morgan fingerprint density at radius 1 is 1.14 bits per heavy atom. The van der Waals surface area contributed by atoms with Gasteiger partial charge < -0.3 is 9.80 Å². The van der Waals surface area contributed by atoms with Gasteiger partial charge in [-0.05, 0) is 42.7 Å². The minimum atomic E-state index is 0.208. The second kappa shape index (κ2) is 6.37. The molecule has 4 heteroatoms. The van der Waals surface area contributed by atoms with Gasteiger partial charge in [-0.25, -0.2) is 0 Å². The molecule has 0 atom stereocenters. The summed E-state index contributed by atoms with van der Waals surface area (Å²) < 4.78 is 0.